The Morgan fingerprint density at radius 3 is 2.52 bits per heavy atom. The van der Waals surface area contributed by atoms with Crippen LogP contribution in [-0.4, -0.2) is 22.5 Å². The van der Waals surface area contributed by atoms with Crippen molar-refractivity contribution in [2.45, 2.75) is 57.9 Å². The summed E-state index contributed by atoms with van der Waals surface area (Å²) < 4.78 is 0. The van der Waals surface area contributed by atoms with Gasteiger partial charge >= 0.3 is 0 Å². The fourth-order valence-electron chi connectivity index (χ4n) is 2.52. The molecule has 0 atom stereocenters. The van der Waals surface area contributed by atoms with Gasteiger partial charge in [-0.15, -0.1) is 0 Å². The van der Waals surface area contributed by atoms with E-state index in [-0.39, 0.29) is 18.2 Å². The summed E-state index contributed by atoms with van der Waals surface area (Å²) in [6.07, 6.45) is 11.0. The summed E-state index contributed by atoms with van der Waals surface area (Å²) in [6.45, 7) is 0.370. The van der Waals surface area contributed by atoms with Crippen LogP contribution in [0.25, 0.3) is 0 Å². The number of amides is 2. The molecule has 2 amide bonds. The second-order valence-corrected chi connectivity index (χ2v) is 5.80. The average molecular weight is 316 g/mol. The number of hydrogen-bond donors (Lipinski definition) is 2. The quantitative estimate of drug-likeness (QED) is 0.646. The molecule has 1 fully saturated rings. The predicted octanol–water partition coefficient (Wildman–Crippen LogP) is 2.30. The van der Waals surface area contributed by atoms with E-state index < -0.39 is 0 Å². The van der Waals surface area contributed by atoms with Crippen LogP contribution in [0.2, 0.25) is 0 Å². The van der Waals surface area contributed by atoms with E-state index in [9.17, 15) is 9.59 Å². The predicted molar refractivity (Wildman–Crippen MR) is 88.6 cm³/mol. The van der Waals surface area contributed by atoms with E-state index in [1.165, 1.54) is 19.3 Å². The first-order valence-electron chi connectivity index (χ1n) is 8.24. The number of hydrazone groups is 1. The summed E-state index contributed by atoms with van der Waals surface area (Å²) in [7, 11) is 0. The van der Waals surface area contributed by atoms with E-state index in [0.717, 1.165) is 37.0 Å². The number of rotatable bonds is 5. The van der Waals surface area contributed by atoms with Gasteiger partial charge in [0.15, 0.2) is 0 Å². The molecule has 0 radical (unpaired) electrons. The minimum atomic E-state index is -0.372. The van der Waals surface area contributed by atoms with Crippen LogP contribution in [0, 0.1) is 0 Å². The van der Waals surface area contributed by atoms with Crippen molar-refractivity contribution in [1.29, 1.82) is 0 Å². The minimum Gasteiger partial charge on any atom is -0.352 e. The lowest BCUT2D eigenvalue weighted by Gasteiger charge is -2.11. The number of nitrogens with zero attached hydrogens (tertiary/aromatic N) is 2. The number of nitrogens with one attached hydrogen (secondary N) is 2. The van der Waals surface area contributed by atoms with Gasteiger partial charge in [-0.1, -0.05) is 25.3 Å². The van der Waals surface area contributed by atoms with Crippen LogP contribution >= 0.6 is 0 Å². The number of pyridine rings is 1. The van der Waals surface area contributed by atoms with Gasteiger partial charge in [-0.2, -0.15) is 5.10 Å². The van der Waals surface area contributed by atoms with Crippen LogP contribution in [-0.2, 0) is 16.1 Å². The first-order valence-corrected chi connectivity index (χ1v) is 8.24. The van der Waals surface area contributed by atoms with Crippen molar-refractivity contribution in [3.63, 3.8) is 0 Å². The van der Waals surface area contributed by atoms with E-state index in [0.29, 0.717) is 6.54 Å². The molecule has 1 heterocycles. The highest BCUT2D eigenvalue weighted by molar-refractivity contribution is 5.97. The molecule has 2 N–H and O–H groups in total. The van der Waals surface area contributed by atoms with Crippen LogP contribution in [0.3, 0.4) is 0 Å². The molecule has 23 heavy (non-hydrogen) atoms. The van der Waals surface area contributed by atoms with Crippen molar-refractivity contribution in [2.75, 3.05) is 0 Å². The average Bonchev–Trinajstić information content (AvgIpc) is 2.53. The third-order valence-corrected chi connectivity index (χ3v) is 3.80. The lowest BCUT2D eigenvalue weighted by molar-refractivity contribution is -0.129. The molecule has 1 aliphatic rings. The highest BCUT2D eigenvalue weighted by Crippen LogP contribution is 2.14. The summed E-state index contributed by atoms with van der Waals surface area (Å²) in [4.78, 5) is 27.5. The molecule has 0 unspecified atom stereocenters. The number of hydrogen-bond acceptors (Lipinski definition) is 4. The van der Waals surface area contributed by atoms with Gasteiger partial charge in [0.25, 0.3) is 0 Å². The van der Waals surface area contributed by atoms with Gasteiger partial charge in [-0.05, 0) is 37.3 Å². The summed E-state index contributed by atoms with van der Waals surface area (Å²) in [5.41, 5.74) is 4.44. The number of aromatic nitrogens is 1. The van der Waals surface area contributed by atoms with Gasteiger partial charge in [0.1, 0.15) is 6.42 Å². The normalized spacial score (nSPS) is 15.2. The van der Waals surface area contributed by atoms with E-state index in [1.807, 2.05) is 6.07 Å². The Balaban J connectivity index is 1.69. The van der Waals surface area contributed by atoms with Gasteiger partial charge in [0.05, 0.1) is 0 Å². The monoisotopic (exact) mass is 316 g/mol. The Labute approximate surface area is 136 Å². The van der Waals surface area contributed by atoms with Crippen LogP contribution in [0.5, 0.6) is 0 Å². The Morgan fingerprint density at radius 1 is 1.09 bits per heavy atom. The summed E-state index contributed by atoms with van der Waals surface area (Å²) >= 11 is 0. The van der Waals surface area contributed by atoms with Gasteiger partial charge in [0, 0.05) is 24.7 Å². The summed E-state index contributed by atoms with van der Waals surface area (Å²) in [5.74, 6) is -0.688. The fraction of sp³-hybridized carbons (Fsp3) is 0.529. The molecule has 0 bridgehead atoms. The molecule has 0 aromatic carbocycles. The van der Waals surface area contributed by atoms with Gasteiger partial charge in [-0.3, -0.25) is 14.6 Å². The molecular weight excluding hydrogens is 292 g/mol. The van der Waals surface area contributed by atoms with Gasteiger partial charge in [-0.25, -0.2) is 5.43 Å². The van der Waals surface area contributed by atoms with Crippen molar-refractivity contribution in [3.05, 3.63) is 30.1 Å². The molecule has 1 aromatic rings. The van der Waals surface area contributed by atoms with Crippen LogP contribution < -0.4 is 10.7 Å². The van der Waals surface area contributed by atoms with Crippen LogP contribution in [0.15, 0.2) is 29.6 Å². The summed E-state index contributed by atoms with van der Waals surface area (Å²) in [6, 6.07) is 3.67. The van der Waals surface area contributed by atoms with Crippen molar-refractivity contribution in [3.8, 4) is 0 Å². The molecule has 6 nitrogen and oxygen atoms in total. The highest BCUT2D eigenvalue weighted by atomic mass is 16.2. The topological polar surface area (TPSA) is 83.5 Å². The Bertz CT molecular complexity index is 533. The third-order valence-electron chi connectivity index (χ3n) is 3.80. The van der Waals surface area contributed by atoms with Gasteiger partial charge < -0.3 is 5.32 Å². The molecule has 1 aromatic heterocycles. The number of carbonyl (C=O) groups is 2. The molecule has 0 aliphatic heterocycles. The SMILES string of the molecule is O=C(CC(=O)NN=C1CCCCCCC1)NCc1cccnc1. The first-order chi connectivity index (χ1) is 11.2. The van der Waals surface area contributed by atoms with E-state index >= 15 is 0 Å². The molecule has 1 saturated carbocycles. The largest absolute Gasteiger partial charge is 0.352 e. The highest BCUT2D eigenvalue weighted by Gasteiger charge is 2.10. The first kappa shape index (κ1) is 17.1. The van der Waals surface area contributed by atoms with E-state index in [1.54, 1.807) is 18.5 Å². The van der Waals surface area contributed by atoms with E-state index in [2.05, 4.69) is 20.8 Å². The molecule has 0 saturated heterocycles. The maximum Gasteiger partial charge on any atom is 0.249 e. The zero-order valence-electron chi connectivity index (χ0n) is 13.4. The third kappa shape index (κ3) is 7.04. The Kier molecular flexibility index (Phi) is 7.23. The maximum absolute atomic E-state index is 11.8. The summed E-state index contributed by atoms with van der Waals surface area (Å²) in [5, 5.41) is 6.88. The zero-order chi connectivity index (χ0) is 16.3. The van der Waals surface area contributed by atoms with Crippen LogP contribution in [0.1, 0.15) is 56.9 Å². The number of carbonyl (C=O) groups excluding carboxylic acids is 2. The molecule has 2 rings (SSSR count). The van der Waals surface area contributed by atoms with Gasteiger partial charge in [0.2, 0.25) is 11.8 Å². The lowest BCUT2D eigenvalue weighted by atomic mass is 9.99. The minimum absolute atomic E-state index is 0.211. The zero-order valence-corrected chi connectivity index (χ0v) is 13.4. The maximum atomic E-state index is 11.8. The molecule has 1 aliphatic carbocycles. The van der Waals surface area contributed by atoms with Crippen molar-refractivity contribution >= 4 is 17.5 Å². The molecule has 0 spiro atoms. The fourth-order valence-corrected chi connectivity index (χ4v) is 2.52. The standard InChI is InChI=1S/C17H24N4O2/c22-16(19-13-14-7-6-10-18-12-14)11-17(23)21-20-15-8-4-2-1-3-5-9-15/h6-7,10,12H,1-5,8-9,11,13H2,(H,19,22)(H,21,23). The Morgan fingerprint density at radius 2 is 1.83 bits per heavy atom. The van der Waals surface area contributed by atoms with E-state index in [4.69, 9.17) is 0 Å². The molecule has 6 heteroatoms. The van der Waals surface area contributed by atoms with Crippen molar-refractivity contribution in [1.82, 2.24) is 15.7 Å². The van der Waals surface area contributed by atoms with Crippen molar-refractivity contribution in [2.24, 2.45) is 5.10 Å². The molecule has 124 valence electrons. The van der Waals surface area contributed by atoms with Crippen molar-refractivity contribution < 1.29 is 9.59 Å². The molecular formula is C17H24N4O2. The second-order valence-electron chi connectivity index (χ2n) is 5.80. The second kappa shape index (κ2) is 9.71. The Hall–Kier alpha value is -2.24. The lowest BCUT2D eigenvalue weighted by Crippen LogP contribution is -2.30. The van der Waals surface area contributed by atoms with Crippen LogP contribution in [0.4, 0.5) is 0 Å². The smallest absolute Gasteiger partial charge is 0.249 e.